The zero-order valence-electron chi connectivity index (χ0n) is 12.3. The molecule has 1 aromatic heterocycles. The number of H-pyrrole nitrogens is 1. The van der Waals surface area contributed by atoms with Crippen LogP contribution in [0.5, 0.6) is 5.75 Å². The van der Waals surface area contributed by atoms with Crippen molar-refractivity contribution in [2.24, 2.45) is 0 Å². The molecule has 2 rings (SSSR count). The number of methoxy groups -OCH3 is 1. The molecule has 0 fully saturated rings. The second-order valence-corrected chi connectivity index (χ2v) is 4.91. The number of hydrogen-bond acceptors (Lipinski definition) is 3. The molecule has 0 unspecified atom stereocenters. The molecule has 1 heterocycles. The number of nitrogens with zero attached hydrogens (tertiary/aromatic N) is 2. The highest BCUT2D eigenvalue weighted by atomic mass is 16.5. The first kappa shape index (κ1) is 14.3. The summed E-state index contributed by atoms with van der Waals surface area (Å²) in [5.41, 5.74) is 3.35. The Balaban J connectivity index is 1.82. The highest BCUT2D eigenvalue weighted by Crippen LogP contribution is 2.12. The van der Waals surface area contributed by atoms with Gasteiger partial charge in [-0.1, -0.05) is 24.3 Å². The summed E-state index contributed by atoms with van der Waals surface area (Å²) < 4.78 is 5.14. The van der Waals surface area contributed by atoms with Gasteiger partial charge in [0.15, 0.2) is 0 Å². The first-order valence-electron chi connectivity index (χ1n) is 6.67. The molecule has 4 heteroatoms. The predicted molar refractivity (Wildman–Crippen MR) is 81.7 cm³/mol. The number of ether oxygens (including phenoxy) is 1. The average Bonchev–Trinajstić information content (AvgIpc) is 2.85. The molecule has 0 radical (unpaired) electrons. The smallest absolute Gasteiger partial charge is 0.118 e. The van der Waals surface area contributed by atoms with Crippen LogP contribution in [0.4, 0.5) is 0 Å². The van der Waals surface area contributed by atoms with Gasteiger partial charge in [-0.05, 0) is 37.7 Å². The normalized spacial score (nSPS) is 11.4. The summed E-state index contributed by atoms with van der Waals surface area (Å²) in [4.78, 5) is 2.22. The third-order valence-corrected chi connectivity index (χ3v) is 3.03. The number of aromatic nitrogens is 2. The van der Waals surface area contributed by atoms with Crippen molar-refractivity contribution in [1.82, 2.24) is 15.1 Å². The van der Waals surface area contributed by atoms with Gasteiger partial charge in [0.1, 0.15) is 5.75 Å². The number of hydrogen-bond donors (Lipinski definition) is 1. The van der Waals surface area contributed by atoms with Crippen LogP contribution in [0.1, 0.15) is 17.0 Å². The molecular formula is C16H21N3O. The molecule has 0 saturated heterocycles. The number of aryl methyl sites for hydroxylation is 1. The Labute approximate surface area is 120 Å². The van der Waals surface area contributed by atoms with Gasteiger partial charge in [0.2, 0.25) is 0 Å². The van der Waals surface area contributed by atoms with E-state index in [1.807, 2.05) is 31.2 Å². The van der Waals surface area contributed by atoms with E-state index >= 15 is 0 Å². The quantitative estimate of drug-likeness (QED) is 0.878. The van der Waals surface area contributed by atoms with Crippen LogP contribution in [0, 0.1) is 6.92 Å². The maximum atomic E-state index is 5.14. The Hall–Kier alpha value is -2.07. The van der Waals surface area contributed by atoms with Gasteiger partial charge in [0.05, 0.1) is 12.8 Å². The van der Waals surface area contributed by atoms with E-state index < -0.39 is 0 Å². The van der Waals surface area contributed by atoms with Gasteiger partial charge in [0, 0.05) is 18.8 Å². The van der Waals surface area contributed by atoms with E-state index in [9.17, 15) is 0 Å². The fourth-order valence-electron chi connectivity index (χ4n) is 1.98. The number of benzene rings is 1. The highest BCUT2D eigenvalue weighted by molar-refractivity contribution is 5.50. The van der Waals surface area contributed by atoms with Crippen molar-refractivity contribution in [2.45, 2.75) is 13.5 Å². The van der Waals surface area contributed by atoms with Gasteiger partial charge >= 0.3 is 0 Å². The van der Waals surface area contributed by atoms with Gasteiger partial charge in [-0.2, -0.15) is 5.10 Å². The molecule has 0 saturated carbocycles. The average molecular weight is 271 g/mol. The topological polar surface area (TPSA) is 41.1 Å². The molecule has 0 aliphatic carbocycles. The van der Waals surface area contributed by atoms with Crippen LogP contribution >= 0.6 is 0 Å². The summed E-state index contributed by atoms with van der Waals surface area (Å²) in [6, 6.07) is 10.1. The van der Waals surface area contributed by atoms with Gasteiger partial charge in [0.25, 0.3) is 0 Å². The van der Waals surface area contributed by atoms with Crippen LogP contribution in [0.15, 0.2) is 36.4 Å². The highest BCUT2D eigenvalue weighted by Gasteiger charge is 2.01. The van der Waals surface area contributed by atoms with E-state index in [1.54, 1.807) is 7.11 Å². The maximum Gasteiger partial charge on any atom is 0.118 e. The lowest BCUT2D eigenvalue weighted by Crippen LogP contribution is -2.17. The van der Waals surface area contributed by atoms with Gasteiger partial charge < -0.3 is 4.74 Å². The molecule has 0 spiro atoms. The van der Waals surface area contributed by atoms with E-state index in [0.29, 0.717) is 0 Å². The zero-order chi connectivity index (χ0) is 14.4. The number of nitrogens with one attached hydrogen (secondary N) is 1. The van der Waals surface area contributed by atoms with Crippen LogP contribution in [0.2, 0.25) is 0 Å². The van der Waals surface area contributed by atoms with E-state index in [2.05, 4.69) is 40.4 Å². The lowest BCUT2D eigenvalue weighted by molar-refractivity contribution is 0.359. The molecule has 20 heavy (non-hydrogen) atoms. The minimum absolute atomic E-state index is 0.845. The monoisotopic (exact) mass is 271 g/mol. The SMILES string of the molecule is COc1ccc(/C=C/CN(C)Cc2cc(C)[nH]n2)cc1. The van der Waals surface area contributed by atoms with Gasteiger partial charge in [-0.25, -0.2) is 0 Å². The summed E-state index contributed by atoms with van der Waals surface area (Å²) in [7, 11) is 3.76. The second kappa shape index (κ2) is 6.91. The van der Waals surface area contributed by atoms with Crippen molar-refractivity contribution < 1.29 is 4.74 Å². The molecule has 0 bridgehead atoms. The fraction of sp³-hybridized carbons (Fsp3) is 0.312. The Bertz CT molecular complexity index is 557. The van der Waals surface area contributed by atoms with E-state index in [-0.39, 0.29) is 0 Å². The summed E-state index contributed by atoms with van der Waals surface area (Å²) in [6.45, 7) is 3.75. The molecule has 2 aromatic rings. The Morgan fingerprint density at radius 1 is 1.30 bits per heavy atom. The molecular weight excluding hydrogens is 250 g/mol. The van der Waals surface area contributed by atoms with Crippen LogP contribution in [-0.4, -0.2) is 35.8 Å². The standard InChI is InChI=1S/C16H21N3O/c1-13-11-15(18-17-13)12-19(2)10-4-5-14-6-8-16(20-3)9-7-14/h4-9,11H,10,12H2,1-3H3,(H,17,18)/b5-4+. The van der Waals surface area contributed by atoms with Crippen molar-refractivity contribution in [3.05, 3.63) is 53.4 Å². The van der Waals surface area contributed by atoms with Crippen LogP contribution in [0.3, 0.4) is 0 Å². The Kier molecular flexibility index (Phi) is 4.96. The fourth-order valence-corrected chi connectivity index (χ4v) is 1.98. The van der Waals surface area contributed by atoms with Crippen LogP contribution < -0.4 is 4.74 Å². The molecule has 1 aromatic carbocycles. The zero-order valence-corrected chi connectivity index (χ0v) is 12.3. The lowest BCUT2D eigenvalue weighted by atomic mass is 10.2. The maximum absolute atomic E-state index is 5.14. The van der Waals surface area contributed by atoms with E-state index in [4.69, 9.17) is 4.74 Å². The van der Waals surface area contributed by atoms with E-state index in [1.165, 1.54) is 5.56 Å². The van der Waals surface area contributed by atoms with Crippen LogP contribution in [0.25, 0.3) is 6.08 Å². The number of likely N-dealkylation sites (N-methyl/N-ethyl adjacent to an activating group) is 1. The first-order chi connectivity index (χ1) is 9.67. The minimum Gasteiger partial charge on any atom is -0.497 e. The van der Waals surface area contributed by atoms with E-state index in [0.717, 1.165) is 30.2 Å². The molecule has 106 valence electrons. The molecule has 1 N–H and O–H groups in total. The predicted octanol–water partition coefficient (Wildman–Crippen LogP) is 2.87. The molecule has 0 aliphatic rings. The molecule has 4 nitrogen and oxygen atoms in total. The van der Waals surface area contributed by atoms with Crippen molar-refractivity contribution in [2.75, 3.05) is 20.7 Å². The van der Waals surface area contributed by atoms with Crippen molar-refractivity contribution in [1.29, 1.82) is 0 Å². The van der Waals surface area contributed by atoms with Crippen molar-refractivity contribution >= 4 is 6.08 Å². The molecule has 0 amide bonds. The Morgan fingerprint density at radius 3 is 2.65 bits per heavy atom. The number of aromatic amines is 1. The van der Waals surface area contributed by atoms with Gasteiger partial charge in [-0.3, -0.25) is 10.00 Å². The second-order valence-electron chi connectivity index (χ2n) is 4.91. The number of rotatable bonds is 6. The lowest BCUT2D eigenvalue weighted by Gasteiger charge is -2.11. The molecule has 0 atom stereocenters. The summed E-state index contributed by atoms with van der Waals surface area (Å²) in [5, 5.41) is 7.20. The van der Waals surface area contributed by atoms with Crippen molar-refractivity contribution in [3.8, 4) is 5.75 Å². The van der Waals surface area contributed by atoms with Crippen molar-refractivity contribution in [3.63, 3.8) is 0 Å². The summed E-state index contributed by atoms with van der Waals surface area (Å²) in [6.07, 6.45) is 4.27. The molecule has 0 aliphatic heterocycles. The third-order valence-electron chi connectivity index (χ3n) is 3.03. The van der Waals surface area contributed by atoms with Crippen LogP contribution in [-0.2, 0) is 6.54 Å². The summed E-state index contributed by atoms with van der Waals surface area (Å²) >= 11 is 0. The van der Waals surface area contributed by atoms with Gasteiger partial charge in [-0.15, -0.1) is 0 Å². The summed E-state index contributed by atoms with van der Waals surface area (Å²) in [5.74, 6) is 0.883. The Morgan fingerprint density at radius 2 is 2.05 bits per heavy atom. The first-order valence-corrected chi connectivity index (χ1v) is 6.67. The third kappa shape index (κ3) is 4.24. The minimum atomic E-state index is 0.845. The largest absolute Gasteiger partial charge is 0.497 e.